The van der Waals surface area contributed by atoms with Crippen LogP contribution in [0.5, 0.6) is 0 Å². The largest absolute Gasteiger partial charge is 0.310 e. The Bertz CT molecular complexity index is 2020. The van der Waals surface area contributed by atoms with Crippen molar-refractivity contribution in [1.82, 2.24) is 0 Å². The maximum atomic E-state index is 2.40. The third kappa shape index (κ3) is 4.05. The fourth-order valence-electron chi connectivity index (χ4n) is 6.27. The van der Waals surface area contributed by atoms with E-state index in [2.05, 4.69) is 180 Å². The van der Waals surface area contributed by atoms with Crippen LogP contribution in [0.4, 0.5) is 34.1 Å². The average Bonchev–Trinajstić information content (AvgIpc) is 3.07. The van der Waals surface area contributed by atoms with Crippen molar-refractivity contribution in [3.05, 3.63) is 170 Å². The number of nitrogens with zero attached hydrogens (tertiary/aromatic N) is 2. The number of benzene rings is 7. The maximum absolute atomic E-state index is 2.40. The van der Waals surface area contributed by atoms with E-state index in [0.717, 1.165) is 22.7 Å². The van der Waals surface area contributed by atoms with E-state index in [1.807, 2.05) is 0 Å². The van der Waals surface area contributed by atoms with Crippen LogP contribution in [0, 0.1) is 0 Å². The molecule has 0 aromatic heterocycles. The lowest BCUT2D eigenvalue weighted by Gasteiger charge is -2.34. The van der Waals surface area contributed by atoms with Crippen molar-refractivity contribution in [3.8, 4) is 22.3 Å². The highest BCUT2D eigenvalue weighted by atomic mass is 15.2. The molecule has 42 heavy (non-hydrogen) atoms. The molecule has 0 saturated carbocycles. The van der Waals surface area contributed by atoms with Gasteiger partial charge in [0, 0.05) is 33.7 Å². The first-order chi connectivity index (χ1) is 20.8. The summed E-state index contributed by atoms with van der Waals surface area (Å²) in [6, 6.07) is 60.8. The first-order valence-electron chi connectivity index (χ1n) is 14.4. The topological polar surface area (TPSA) is 6.48 Å². The van der Waals surface area contributed by atoms with Gasteiger partial charge in [0.05, 0.1) is 11.4 Å². The Balaban J connectivity index is 1.25. The van der Waals surface area contributed by atoms with E-state index in [9.17, 15) is 0 Å². The summed E-state index contributed by atoms with van der Waals surface area (Å²) in [5.41, 5.74) is 11.9. The number of para-hydroxylation sites is 2. The Labute approximate surface area is 246 Å². The van der Waals surface area contributed by atoms with Crippen molar-refractivity contribution in [2.45, 2.75) is 0 Å². The fraction of sp³-hybridized carbons (Fsp3) is 0. The number of hydrogen-bond donors (Lipinski definition) is 0. The van der Waals surface area contributed by atoms with Crippen molar-refractivity contribution in [2.75, 3.05) is 9.80 Å². The quantitative estimate of drug-likeness (QED) is 0.216. The summed E-state index contributed by atoms with van der Waals surface area (Å²) in [6.45, 7) is 0. The van der Waals surface area contributed by atoms with Crippen LogP contribution in [0.25, 0.3) is 33.0 Å². The zero-order chi connectivity index (χ0) is 27.9. The Kier molecular flexibility index (Phi) is 5.82. The van der Waals surface area contributed by atoms with E-state index in [0.29, 0.717) is 0 Å². The van der Waals surface area contributed by atoms with Crippen LogP contribution >= 0.6 is 0 Å². The Morgan fingerprint density at radius 2 is 0.952 bits per heavy atom. The standard InChI is InChI=1S/C40H28N2/c1-3-12-29(13-4-1)31-16-9-19-35(28-31)41(32-17-5-2-6-18-32)33-24-26-34(27-25-33)42-38-22-8-7-20-36(38)37-21-10-14-30-15-11-23-39(42)40(30)37/h1-28H. The van der Waals surface area contributed by atoms with Crippen molar-refractivity contribution >= 4 is 44.9 Å². The van der Waals surface area contributed by atoms with Crippen LogP contribution in [0.3, 0.4) is 0 Å². The maximum Gasteiger partial charge on any atom is 0.0546 e. The molecule has 0 N–H and O–H groups in total. The minimum Gasteiger partial charge on any atom is -0.310 e. The van der Waals surface area contributed by atoms with Gasteiger partial charge in [-0.2, -0.15) is 0 Å². The molecule has 8 rings (SSSR count). The van der Waals surface area contributed by atoms with Crippen molar-refractivity contribution in [3.63, 3.8) is 0 Å². The molecule has 0 saturated heterocycles. The molecule has 0 atom stereocenters. The Morgan fingerprint density at radius 3 is 1.76 bits per heavy atom. The van der Waals surface area contributed by atoms with Gasteiger partial charge < -0.3 is 9.80 Å². The van der Waals surface area contributed by atoms with E-state index >= 15 is 0 Å². The van der Waals surface area contributed by atoms with E-state index in [1.165, 1.54) is 44.4 Å². The monoisotopic (exact) mass is 536 g/mol. The minimum atomic E-state index is 1.11. The molecule has 0 fully saturated rings. The molecule has 2 heteroatoms. The Morgan fingerprint density at radius 1 is 0.381 bits per heavy atom. The molecule has 198 valence electrons. The first kappa shape index (κ1) is 24.2. The normalized spacial score (nSPS) is 11.8. The molecule has 0 amide bonds. The molecule has 1 aliphatic rings. The van der Waals surface area contributed by atoms with Crippen LogP contribution in [0.15, 0.2) is 170 Å². The molecule has 7 aromatic rings. The van der Waals surface area contributed by atoms with Gasteiger partial charge >= 0.3 is 0 Å². The third-order valence-corrected chi connectivity index (χ3v) is 8.15. The van der Waals surface area contributed by atoms with Gasteiger partial charge in [0.2, 0.25) is 0 Å². The highest BCUT2D eigenvalue weighted by molar-refractivity contribution is 6.13. The number of hydrogen-bond acceptors (Lipinski definition) is 2. The molecule has 2 nitrogen and oxygen atoms in total. The summed E-state index contributed by atoms with van der Waals surface area (Å²) in [5, 5.41) is 2.56. The second kappa shape index (κ2) is 10.1. The smallest absolute Gasteiger partial charge is 0.0546 e. The van der Waals surface area contributed by atoms with Crippen molar-refractivity contribution in [1.29, 1.82) is 0 Å². The molecular formula is C40H28N2. The molecule has 0 radical (unpaired) electrons. The predicted octanol–water partition coefficient (Wildman–Crippen LogP) is 11.4. The molecule has 1 aliphatic heterocycles. The van der Waals surface area contributed by atoms with E-state index in [-0.39, 0.29) is 0 Å². The van der Waals surface area contributed by atoms with Crippen LogP contribution < -0.4 is 9.80 Å². The van der Waals surface area contributed by atoms with Crippen LogP contribution in [-0.4, -0.2) is 0 Å². The Hall–Kier alpha value is -5.60. The SMILES string of the molecule is c1ccc(-c2cccc(N(c3ccccc3)c3ccc(N4c5ccccc5-c5cccc6cccc4c56)cc3)c2)cc1. The number of rotatable bonds is 5. The van der Waals surface area contributed by atoms with E-state index in [1.54, 1.807) is 0 Å². The number of anilines is 6. The summed E-state index contributed by atoms with van der Waals surface area (Å²) in [7, 11) is 0. The third-order valence-electron chi connectivity index (χ3n) is 8.15. The van der Waals surface area contributed by atoms with Gasteiger partial charge in [0.1, 0.15) is 0 Å². The molecule has 7 aromatic carbocycles. The minimum absolute atomic E-state index is 1.11. The van der Waals surface area contributed by atoms with Gasteiger partial charge in [-0.05, 0) is 82.7 Å². The summed E-state index contributed by atoms with van der Waals surface area (Å²) in [4.78, 5) is 4.73. The summed E-state index contributed by atoms with van der Waals surface area (Å²) < 4.78 is 0. The molecule has 0 aliphatic carbocycles. The number of fused-ring (bicyclic) bond motifs is 2. The van der Waals surface area contributed by atoms with Gasteiger partial charge in [-0.1, -0.05) is 109 Å². The van der Waals surface area contributed by atoms with Crippen LogP contribution in [-0.2, 0) is 0 Å². The average molecular weight is 537 g/mol. The summed E-state index contributed by atoms with van der Waals surface area (Å²) in [5.74, 6) is 0. The van der Waals surface area contributed by atoms with E-state index in [4.69, 9.17) is 0 Å². The lowest BCUT2D eigenvalue weighted by Crippen LogP contribution is -2.15. The second-order valence-corrected chi connectivity index (χ2v) is 10.6. The molecular weight excluding hydrogens is 508 g/mol. The molecule has 1 heterocycles. The molecule has 0 spiro atoms. The van der Waals surface area contributed by atoms with Gasteiger partial charge in [-0.25, -0.2) is 0 Å². The zero-order valence-electron chi connectivity index (χ0n) is 23.1. The lowest BCUT2D eigenvalue weighted by molar-refractivity contribution is 1.26. The van der Waals surface area contributed by atoms with E-state index < -0.39 is 0 Å². The zero-order valence-corrected chi connectivity index (χ0v) is 23.1. The van der Waals surface area contributed by atoms with Gasteiger partial charge in [0.25, 0.3) is 0 Å². The van der Waals surface area contributed by atoms with Crippen LogP contribution in [0.2, 0.25) is 0 Å². The highest BCUT2D eigenvalue weighted by Gasteiger charge is 2.25. The van der Waals surface area contributed by atoms with Gasteiger partial charge in [-0.15, -0.1) is 0 Å². The molecule has 0 bridgehead atoms. The van der Waals surface area contributed by atoms with Crippen molar-refractivity contribution < 1.29 is 0 Å². The fourth-order valence-corrected chi connectivity index (χ4v) is 6.27. The van der Waals surface area contributed by atoms with Crippen molar-refractivity contribution in [2.24, 2.45) is 0 Å². The summed E-state index contributed by atoms with van der Waals surface area (Å²) >= 11 is 0. The lowest BCUT2D eigenvalue weighted by atomic mass is 9.91. The first-order valence-corrected chi connectivity index (χ1v) is 14.4. The summed E-state index contributed by atoms with van der Waals surface area (Å²) in [6.07, 6.45) is 0. The van der Waals surface area contributed by atoms with Gasteiger partial charge in [0.15, 0.2) is 0 Å². The van der Waals surface area contributed by atoms with Gasteiger partial charge in [-0.3, -0.25) is 0 Å². The highest BCUT2D eigenvalue weighted by Crippen LogP contribution is 2.51. The predicted molar refractivity (Wildman–Crippen MR) is 178 cm³/mol. The van der Waals surface area contributed by atoms with Crippen LogP contribution in [0.1, 0.15) is 0 Å². The second-order valence-electron chi connectivity index (χ2n) is 10.6. The molecule has 0 unspecified atom stereocenters.